The minimum atomic E-state index is -0.581. The lowest BCUT2D eigenvalue weighted by atomic mass is 10.1. The zero-order valence-electron chi connectivity index (χ0n) is 11.3. The average Bonchev–Trinajstić information content (AvgIpc) is 2.42. The number of methoxy groups -OCH3 is 1. The van der Waals surface area contributed by atoms with Crippen LogP contribution < -0.4 is 15.4 Å². The number of halogens is 1. The molecule has 0 bridgehead atoms. The molecule has 0 saturated heterocycles. The molecule has 0 saturated carbocycles. The molecular weight excluding hydrogens is 286 g/mol. The van der Waals surface area contributed by atoms with Crippen LogP contribution in [0.4, 0.5) is 5.69 Å². The van der Waals surface area contributed by atoms with Crippen LogP contribution in [0, 0.1) is 10.1 Å². The summed E-state index contributed by atoms with van der Waals surface area (Å²) >= 11 is 0. The van der Waals surface area contributed by atoms with Crippen LogP contribution in [0.5, 0.6) is 5.75 Å². The molecule has 0 spiro atoms. The summed E-state index contributed by atoms with van der Waals surface area (Å²) in [6, 6.07) is 4.09. The van der Waals surface area contributed by atoms with Gasteiger partial charge in [-0.15, -0.1) is 12.4 Å². The molecule has 0 atom stereocenters. The van der Waals surface area contributed by atoms with Crippen molar-refractivity contribution in [3.63, 3.8) is 0 Å². The summed E-state index contributed by atoms with van der Waals surface area (Å²) in [4.78, 5) is 22.2. The minimum Gasteiger partial charge on any atom is -0.497 e. The predicted octanol–water partition coefficient (Wildman–Crippen LogP) is 1.36. The normalized spacial score (nSPS) is 9.50. The number of nitrogens with one attached hydrogen (secondary N) is 2. The van der Waals surface area contributed by atoms with E-state index in [1.165, 1.54) is 25.3 Å². The van der Waals surface area contributed by atoms with Gasteiger partial charge in [0.1, 0.15) is 11.3 Å². The van der Waals surface area contributed by atoms with E-state index in [0.29, 0.717) is 12.3 Å². The van der Waals surface area contributed by atoms with Crippen molar-refractivity contribution in [3.05, 3.63) is 33.9 Å². The van der Waals surface area contributed by atoms with Gasteiger partial charge in [-0.3, -0.25) is 14.9 Å². The lowest BCUT2D eigenvalue weighted by molar-refractivity contribution is -0.385. The van der Waals surface area contributed by atoms with E-state index in [4.69, 9.17) is 4.74 Å². The maximum Gasteiger partial charge on any atom is 0.282 e. The van der Waals surface area contributed by atoms with Gasteiger partial charge in [0.15, 0.2) is 0 Å². The Labute approximate surface area is 123 Å². The summed E-state index contributed by atoms with van der Waals surface area (Å²) in [5.41, 5.74) is -0.222. The highest BCUT2D eigenvalue weighted by molar-refractivity contribution is 5.98. The Morgan fingerprint density at radius 3 is 2.65 bits per heavy atom. The van der Waals surface area contributed by atoms with Crippen LogP contribution in [0.1, 0.15) is 16.8 Å². The van der Waals surface area contributed by atoms with Crippen LogP contribution in [0.3, 0.4) is 0 Å². The number of ether oxygens (including phenoxy) is 1. The highest BCUT2D eigenvalue weighted by atomic mass is 35.5. The van der Waals surface area contributed by atoms with Gasteiger partial charge in [-0.2, -0.15) is 0 Å². The number of nitro groups is 1. The van der Waals surface area contributed by atoms with E-state index in [2.05, 4.69) is 10.6 Å². The molecule has 112 valence electrons. The standard InChI is InChI=1S/C12H17N3O4.ClH/c1-13-6-3-7-14-12(16)10-8-9(19-2)4-5-11(10)15(17)18;/h4-5,8,13H,3,6-7H2,1-2H3,(H,14,16);1H. The Morgan fingerprint density at radius 1 is 1.40 bits per heavy atom. The summed E-state index contributed by atoms with van der Waals surface area (Å²) in [6.45, 7) is 1.22. The molecule has 0 unspecified atom stereocenters. The van der Waals surface area contributed by atoms with E-state index in [1.54, 1.807) is 0 Å². The van der Waals surface area contributed by atoms with Gasteiger partial charge in [0.2, 0.25) is 0 Å². The smallest absolute Gasteiger partial charge is 0.282 e. The maximum atomic E-state index is 11.9. The molecule has 8 heteroatoms. The van der Waals surface area contributed by atoms with Crippen LogP contribution in [0.15, 0.2) is 18.2 Å². The van der Waals surface area contributed by atoms with Crippen LogP contribution in [0.25, 0.3) is 0 Å². The largest absolute Gasteiger partial charge is 0.497 e. The molecule has 1 aromatic rings. The molecular formula is C12H18ClN3O4. The van der Waals surface area contributed by atoms with Gasteiger partial charge in [0.05, 0.1) is 12.0 Å². The van der Waals surface area contributed by atoms with Crippen LogP contribution in [-0.2, 0) is 0 Å². The molecule has 20 heavy (non-hydrogen) atoms. The van der Waals surface area contributed by atoms with Crippen molar-refractivity contribution >= 4 is 24.0 Å². The second-order valence-electron chi connectivity index (χ2n) is 3.85. The molecule has 1 amide bonds. The number of carbonyl (C=O) groups is 1. The number of benzene rings is 1. The lowest BCUT2D eigenvalue weighted by Crippen LogP contribution is -2.27. The van der Waals surface area contributed by atoms with Gasteiger partial charge in [0, 0.05) is 12.6 Å². The second kappa shape index (κ2) is 9.11. The molecule has 0 aliphatic rings. The molecule has 2 N–H and O–H groups in total. The SMILES string of the molecule is CNCCCNC(=O)c1cc(OC)ccc1[N+](=O)[O-].Cl. The summed E-state index contributed by atoms with van der Waals surface area (Å²) in [5, 5.41) is 16.5. The Balaban J connectivity index is 0.00000361. The molecule has 0 radical (unpaired) electrons. The number of rotatable bonds is 7. The van der Waals surface area contributed by atoms with Gasteiger partial charge in [-0.05, 0) is 32.1 Å². The van der Waals surface area contributed by atoms with Crippen molar-refractivity contribution in [2.75, 3.05) is 27.2 Å². The van der Waals surface area contributed by atoms with E-state index in [1.807, 2.05) is 7.05 Å². The fourth-order valence-corrected chi connectivity index (χ4v) is 1.55. The molecule has 0 aromatic heterocycles. The zero-order chi connectivity index (χ0) is 14.3. The molecule has 0 fully saturated rings. The van der Waals surface area contributed by atoms with Gasteiger partial charge >= 0.3 is 0 Å². The van der Waals surface area contributed by atoms with Crippen molar-refractivity contribution < 1.29 is 14.5 Å². The third-order valence-electron chi connectivity index (χ3n) is 2.53. The van der Waals surface area contributed by atoms with Crippen LogP contribution in [-0.4, -0.2) is 38.1 Å². The third kappa shape index (κ3) is 5.02. The molecule has 0 aliphatic carbocycles. The van der Waals surface area contributed by atoms with Crippen LogP contribution >= 0.6 is 12.4 Å². The van der Waals surface area contributed by atoms with E-state index in [-0.39, 0.29) is 23.7 Å². The number of nitro benzene ring substituents is 1. The Bertz CT molecular complexity index is 468. The quantitative estimate of drug-likeness (QED) is 0.451. The fraction of sp³-hybridized carbons (Fsp3) is 0.417. The van der Waals surface area contributed by atoms with Crippen molar-refractivity contribution in [1.82, 2.24) is 10.6 Å². The lowest BCUT2D eigenvalue weighted by Gasteiger charge is -2.07. The summed E-state index contributed by atoms with van der Waals surface area (Å²) < 4.78 is 4.97. The first-order valence-corrected chi connectivity index (χ1v) is 5.85. The minimum absolute atomic E-state index is 0. The first-order chi connectivity index (χ1) is 9.10. The Kier molecular flexibility index (Phi) is 8.26. The van der Waals surface area contributed by atoms with Gasteiger partial charge in [0.25, 0.3) is 11.6 Å². The monoisotopic (exact) mass is 303 g/mol. The maximum absolute atomic E-state index is 11.9. The average molecular weight is 304 g/mol. The number of carbonyl (C=O) groups excluding carboxylic acids is 1. The van der Waals surface area contributed by atoms with Crippen molar-refractivity contribution in [2.45, 2.75) is 6.42 Å². The molecule has 1 aromatic carbocycles. The Hall–Kier alpha value is -1.86. The van der Waals surface area contributed by atoms with Crippen molar-refractivity contribution in [3.8, 4) is 5.75 Å². The number of hydrogen-bond donors (Lipinski definition) is 2. The first-order valence-electron chi connectivity index (χ1n) is 5.85. The van der Waals surface area contributed by atoms with Gasteiger partial charge < -0.3 is 15.4 Å². The van der Waals surface area contributed by atoms with Crippen molar-refractivity contribution in [2.24, 2.45) is 0 Å². The van der Waals surface area contributed by atoms with Crippen LogP contribution in [0.2, 0.25) is 0 Å². The first kappa shape index (κ1) is 18.1. The number of amides is 1. The topological polar surface area (TPSA) is 93.5 Å². The number of nitrogens with zero attached hydrogens (tertiary/aromatic N) is 1. The predicted molar refractivity (Wildman–Crippen MR) is 77.8 cm³/mol. The molecule has 1 rings (SSSR count). The van der Waals surface area contributed by atoms with E-state index < -0.39 is 10.8 Å². The Morgan fingerprint density at radius 2 is 2.10 bits per heavy atom. The summed E-state index contributed by atoms with van der Waals surface area (Å²) in [7, 11) is 3.25. The summed E-state index contributed by atoms with van der Waals surface area (Å²) in [5.74, 6) is -0.0623. The van der Waals surface area contributed by atoms with E-state index in [9.17, 15) is 14.9 Å². The third-order valence-corrected chi connectivity index (χ3v) is 2.53. The van der Waals surface area contributed by atoms with Gasteiger partial charge in [-0.1, -0.05) is 0 Å². The van der Waals surface area contributed by atoms with E-state index in [0.717, 1.165) is 13.0 Å². The fourth-order valence-electron chi connectivity index (χ4n) is 1.55. The molecule has 7 nitrogen and oxygen atoms in total. The second-order valence-corrected chi connectivity index (χ2v) is 3.85. The summed E-state index contributed by atoms with van der Waals surface area (Å²) in [6.07, 6.45) is 0.750. The van der Waals surface area contributed by atoms with Crippen molar-refractivity contribution in [1.29, 1.82) is 0 Å². The molecule has 0 aliphatic heterocycles. The number of hydrogen-bond acceptors (Lipinski definition) is 5. The molecule has 0 heterocycles. The highest BCUT2D eigenvalue weighted by Gasteiger charge is 2.20. The highest BCUT2D eigenvalue weighted by Crippen LogP contribution is 2.23. The van der Waals surface area contributed by atoms with E-state index >= 15 is 0 Å². The van der Waals surface area contributed by atoms with Gasteiger partial charge in [-0.25, -0.2) is 0 Å². The zero-order valence-corrected chi connectivity index (χ0v) is 12.2.